The fourth-order valence-electron chi connectivity index (χ4n) is 4.02. The van der Waals surface area contributed by atoms with Gasteiger partial charge >= 0.3 is 0 Å². The van der Waals surface area contributed by atoms with Crippen LogP contribution in [-0.4, -0.2) is 40.2 Å². The first-order chi connectivity index (χ1) is 11.4. The van der Waals surface area contributed by atoms with Gasteiger partial charge < -0.3 is 4.57 Å². The normalized spacial score (nSPS) is 23.9. The Hall–Kier alpha value is -1.93. The monoisotopic (exact) mass is 348 g/mol. The van der Waals surface area contributed by atoms with E-state index in [1.165, 1.54) is 4.68 Å². The average Bonchev–Trinajstić information content (AvgIpc) is 2.87. The lowest BCUT2D eigenvalue weighted by atomic mass is 9.84. The van der Waals surface area contributed by atoms with Crippen LogP contribution in [0, 0.1) is 12.8 Å². The van der Waals surface area contributed by atoms with E-state index in [9.17, 15) is 13.2 Å². The summed E-state index contributed by atoms with van der Waals surface area (Å²) < 4.78 is 31.0. The lowest BCUT2D eigenvalue weighted by Crippen LogP contribution is -2.49. The van der Waals surface area contributed by atoms with Gasteiger partial charge in [-0.15, -0.1) is 0 Å². The first kappa shape index (κ1) is 15.6. The van der Waals surface area contributed by atoms with Crippen LogP contribution in [0.5, 0.6) is 0 Å². The Morgan fingerprint density at radius 3 is 2.71 bits per heavy atom. The first-order valence-corrected chi connectivity index (χ1v) is 9.50. The Morgan fingerprint density at radius 2 is 2.00 bits per heavy atom. The molecule has 0 radical (unpaired) electrons. The van der Waals surface area contributed by atoms with E-state index in [1.54, 1.807) is 41.2 Å². The molecule has 2 bridgehead atoms. The van der Waals surface area contributed by atoms with Crippen molar-refractivity contribution in [3.8, 4) is 0 Å². The topological polar surface area (TPSA) is 77.2 Å². The van der Waals surface area contributed by atoms with Crippen molar-refractivity contribution in [2.24, 2.45) is 13.0 Å². The molecule has 2 aliphatic heterocycles. The third-order valence-electron chi connectivity index (χ3n) is 5.03. The summed E-state index contributed by atoms with van der Waals surface area (Å²) in [5.74, 6) is 0.237. The number of pyridine rings is 1. The van der Waals surface area contributed by atoms with Crippen LogP contribution in [0.15, 0.2) is 34.1 Å². The molecule has 0 spiro atoms. The van der Waals surface area contributed by atoms with Gasteiger partial charge in [-0.05, 0) is 25.3 Å². The van der Waals surface area contributed by atoms with E-state index >= 15 is 0 Å². The molecule has 2 aromatic heterocycles. The third kappa shape index (κ3) is 2.32. The summed E-state index contributed by atoms with van der Waals surface area (Å²) >= 11 is 0. The summed E-state index contributed by atoms with van der Waals surface area (Å²) in [4.78, 5) is 12.3. The SMILES string of the molecule is Cc1nn(C)cc1S(=O)(=O)N1CC2CC(C1)c1cccc(=O)n1C2. The van der Waals surface area contributed by atoms with Crippen molar-refractivity contribution in [3.05, 3.63) is 46.1 Å². The molecule has 0 aromatic carbocycles. The number of aryl methyl sites for hydroxylation is 2. The molecular formula is C16H20N4O3S. The van der Waals surface area contributed by atoms with Crippen LogP contribution in [0.4, 0.5) is 0 Å². The molecular weight excluding hydrogens is 328 g/mol. The summed E-state index contributed by atoms with van der Waals surface area (Å²) in [6.45, 7) is 3.17. The summed E-state index contributed by atoms with van der Waals surface area (Å²) in [6, 6.07) is 5.26. The number of hydrogen-bond acceptors (Lipinski definition) is 4. The Bertz CT molecular complexity index is 960. The van der Waals surface area contributed by atoms with Crippen LogP contribution in [0.3, 0.4) is 0 Å². The van der Waals surface area contributed by atoms with Crippen LogP contribution in [0.25, 0.3) is 0 Å². The highest BCUT2D eigenvalue weighted by molar-refractivity contribution is 7.89. The summed E-state index contributed by atoms with van der Waals surface area (Å²) in [7, 11) is -1.84. The Morgan fingerprint density at radius 1 is 1.21 bits per heavy atom. The Balaban J connectivity index is 1.71. The number of piperidine rings is 1. The van der Waals surface area contributed by atoms with Crippen molar-refractivity contribution in [3.63, 3.8) is 0 Å². The molecule has 0 amide bonds. The van der Waals surface area contributed by atoms with Gasteiger partial charge in [0.1, 0.15) is 4.90 Å². The van der Waals surface area contributed by atoms with E-state index in [2.05, 4.69) is 5.10 Å². The molecule has 0 saturated carbocycles. The fraction of sp³-hybridized carbons (Fsp3) is 0.500. The molecule has 2 aromatic rings. The largest absolute Gasteiger partial charge is 0.312 e. The Kier molecular flexibility index (Phi) is 3.43. The predicted octanol–water partition coefficient (Wildman–Crippen LogP) is 0.698. The maximum atomic E-state index is 13.0. The maximum Gasteiger partial charge on any atom is 0.250 e. The zero-order valence-electron chi connectivity index (χ0n) is 13.7. The number of hydrogen-bond donors (Lipinski definition) is 0. The minimum Gasteiger partial charge on any atom is -0.312 e. The van der Waals surface area contributed by atoms with Gasteiger partial charge in [0.25, 0.3) is 5.56 Å². The van der Waals surface area contributed by atoms with Crippen molar-refractivity contribution in [2.75, 3.05) is 13.1 Å². The number of nitrogens with zero attached hydrogens (tertiary/aromatic N) is 4. The molecule has 2 aliphatic rings. The van der Waals surface area contributed by atoms with Crippen molar-refractivity contribution < 1.29 is 8.42 Å². The molecule has 0 N–H and O–H groups in total. The summed E-state index contributed by atoms with van der Waals surface area (Å²) in [5.41, 5.74) is 1.47. The van der Waals surface area contributed by atoms with E-state index in [1.807, 2.05) is 6.07 Å². The molecule has 1 saturated heterocycles. The highest BCUT2D eigenvalue weighted by Crippen LogP contribution is 2.37. The van der Waals surface area contributed by atoms with E-state index in [0.717, 1.165) is 12.1 Å². The van der Waals surface area contributed by atoms with E-state index < -0.39 is 10.0 Å². The molecule has 1 fully saturated rings. The highest BCUT2D eigenvalue weighted by Gasteiger charge is 2.40. The number of rotatable bonds is 2. The van der Waals surface area contributed by atoms with Gasteiger partial charge in [0.15, 0.2) is 0 Å². The van der Waals surface area contributed by atoms with Crippen LogP contribution in [-0.2, 0) is 23.6 Å². The minimum absolute atomic E-state index is 0.00149. The highest BCUT2D eigenvalue weighted by atomic mass is 32.2. The maximum absolute atomic E-state index is 13.0. The molecule has 128 valence electrons. The smallest absolute Gasteiger partial charge is 0.250 e. The van der Waals surface area contributed by atoms with Gasteiger partial charge in [0, 0.05) is 50.6 Å². The standard InChI is InChI=1S/C16H20N4O3S/c1-11-15(10-18(2)17-11)24(22,23)19-7-12-6-13(9-19)14-4-3-5-16(21)20(14)8-12/h3-5,10,12-13H,6-9H2,1-2H3. The minimum atomic E-state index is -3.56. The van der Waals surface area contributed by atoms with Gasteiger partial charge in [-0.2, -0.15) is 9.40 Å². The van der Waals surface area contributed by atoms with Crippen molar-refractivity contribution >= 4 is 10.0 Å². The zero-order valence-corrected chi connectivity index (χ0v) is 14.5. The number of aromatic nitrogens is 3. The lowest BCUT2D eigenvalue weighted by molar-refractivity contribution is 0.186. The van der Waals surface area contributed by atoms with Gasteiger partial charge in [-0.25, -0.2) is 8.42 Å². The van der Waals surface area contributed by atoms with Crippen LogP contribution in [0.2, 0.25) is 0 Å². The molecule has 2 unspecified atom stereocenters. The van der Waals surface area contributed by atoms with Gasteiger partial charge in [-0.1, -0.05) is 6.07 Å². The quantitative estimate of drug-likeness (QED) is 0.800. The first-order valence-electron chi connectivity index (χ1n) is 8.06. The van der Waals surface area contributed by atoms with Gasteiger partial charge in [0.2, 0.25) is 10.0 Å². The molecule has 0 aliphatic carbocycles. The number of sulfonamides is 1. The van der Waals surface area contributed by atoms with E-state index in [-0.39, 0.29) is 22.3 Å². The molecule has 4 rings (SSSR count). The number of fused-ring (bicyclic) bond motifs is 4. The van der Waals surface area contributed by atoms with Crippen LogP contribution >= 0.6 is 0 Å². The van der Waals surface area contributed by atoms with Gasteiger partial charge in [0.05, 0.1) is 5.69 Å². The molecule has 8 heteroatoms. The van der Waals surface area contributed by atoms with Gasteiger partial charge in [-0.3, -0.25) is 9.48 Å². The summed E-state index contributed by atoms with van der Waals surface area (Å²) in [5, 5.41) is 4.16. The molecule has 24 heavy (non-hydrogen) atoms. The average molecular weight is 348 g/mol. The third-order valence-corrected chi connectivity index (χ3v) is 6.97. The van der Waals surface area contributed by atoms with Crippen molar-refractivity contribution in [1.29, 1.82) is 0 Å². The molecule has 2 atom stereocenters. The lowest BCUT2D eigenvalue weighted by Gasteiger charge is -2.41. The van der Waals surface area contributed by atoms with Crippen molar-refractivity contribution in [2.45, 2.75) is 30.7 Å². The van der Waals surface area contributed by atoms with Crippen LogP contribution < -0.4 is 5.56 Å². The van der Waals surface area contributed by atoms with Crippen molar-refractivity contribution in [1.82, 2.24) is 18.7 Å². The second kappa shape index (κ2) is 5.29. The predicted molar refractivity (Wildman–Crippen MR) is 88.3 cm³/mol. The molecule has 4 heterocycles. The second-order valence-electron chi connectivity index (χ2n) is 6.77. The zero-order chi connectivity index (χ0) is 17.1. The van der Waals surface area contributed by atoms with Crippen LogP contribution in [0.1, 0.15) is 23.7 Å². The molecule has 7 nitrogen and oxygen atoms in total. The Labute approximate surface area is 140 Å². The summed E-state index contributed by atoms with van der Waals surface area (Å²) in [6.07, 6.45) is 2.50. The fourth-order valence-corrected chi connectivity index (χ4v) is 5.78. The van der Waals surface area contributed by atoms with E-state index in [0.29, 0.717) is 25.3 Å². The van der Waals surface area contributed by atoms with E-state index in [4.69, 9.17) is 0 Å². The second-order valence-corrected chi connectivity index (χ2v) is 8.68.